The second-order valence-corrected chi connectivity index (χ2v) is 7.30. The summed E-state index contributed by atoms with van der Waals surface area (Å²) < 4.78 is 10.4. The van der Waals surface area contributed by atoms with Crippen LogP contribution in [-0.2, 0) is 0 Å². The molecule has 3 N–H and O–H groups in total. The Kier molecular flexibility index (Phi) is 5.58. The van der Waals surface area contributed by atoms with E-state index in [1.54, 1.807) is 18.2 Å². The third kappa shape index (κ3) is 4.40. The molecule has 5 aromatic rings. The first-order valence-corrected chi connectivity index (χ1v) is 10.2. The molecule has 0 saturated heterocycles. The molecule has 0 saturated carbocycles. The number of anilines is 3. The number of carboxylic acid groups (broad SMARTS) is 1. The molecular formula is C22H14ClN7O4. The summed E-state index contributed by atoms with van der Waals surface area (Å²) in [4.78, 5) is 20.0. The number of hydrazone groups is 1. The van der Waals surface area contributed by atoms with E-state index in [0.717, 1.165) is 5.69 Å². The standard InChI is InChI=1S/C22H14ClN7O4/c23-16-8-6-12(10-15(16)22(31)32)17-9-7-14(33-17)11-24-28-19-18(25-13-4-2-1-3-5-13)26-20-21(27-19)30-34-29-20/h1-11H,(H,31,32)(H,25,26,29)(H,27,28,30). The minimum Gasteiger partial charge on any atom is -0.478 e. The van der Waals surface area contributed by atoms with Gasteiger partial charge in [0.15, 0.2) is 11.6 Å². The number of aromatic nitrogens is 4. The van der Waals surface area contributed by atoms with Crippen LogP contribution in [0.1, 0.15) is 16.1 Å². The van der Waals surface area contributed by atoms with Crippen LogP contribution in [0.25, 0.3) is 22.6 Å². The van der Waals surface area contributed by atoms with Crippen LogP contribution < -0.4 is 10.7 Å². The Hall–Kier alpha value is -4.77. The number of hydrogen-bond acceptors (Lipinski definition) is 10. The first-order valence-electron chi connectivity index (χ1n) is 9.81. The van der Waals surface area contributed by atoms with E-state index in [1.807, 2.05) is 30.3 Å². The molecule has 0 aliphatic carbocycles. The van der Waals surface area contributed by atoms with Crippen molar-refractivity contribution in [2.45, 2.75) is 0 Å². The van der Waals surface area contributed by atoms with Gasteiger partial charge in [0.25, 0.3) is 0 Å². The van der Waals surface area contributed by atoms with E-state index in [-0.39, 0.29) is 21.9 Å². The van der Waals surface area contributed by atoms with Crippen LogP contribution in [0.4, 0.5) is 17.3 Å². The number of carbonyl (C=O) groups is 1. The zero-order valence-corrected chi connectivity index (χ0v) is 17.9. The van der Waals surface area contributed by atoms with E-state index >= 15 is 0 Å². The number of aromatic carboxylic acids is 1. The maximum absolute atomic E-state index is 11.3. The predicted octanol–water partition coefficient (Wildman–Crippen LogP) is 4.81. The van der Waals surface area contributed by atoms with E-state index in [9.17, 15) is 9.90 Å². The number of nitrogens with one attached hydrogen (secondary N) is 2. The summed E-state index contributed by atoms with van der Waals surface area (Å²) in [7, 11) is 0. The average molecular weight is 476 g/mol. The van der Waals surface area contributed by atoms with Gasteiger partial charge >= 0.3 is 5.97 Å². The molecule has 0 aliphatic rings. The van der Waals surface area contributed by atoms with Crippen LogP contribution >= 0.6 is 11.6 Å². The molecule has 0 bridgehead atoms. The Morgan fingerprint density at radius 2 is 1.76 bits per heavy atom. The molecule has 0 radical (unpaired) electrons. The third-order valence-electron chi connectivity index (χ3n) is 4.62. The summed E-state index contributed by atoms with van der Waals surface area (Å²) in [6, 6.07) is 17.4. The topological polar surface area (TPSA) is 152 Å². The highest BCUT2D eigenvalue weighted by Gasteiger charge is 2.14. The van der Waals surface area contributed by atoms with Crippen molar-refractivity contribution in [3.8, 4) is 11.3 Å². The third-order valence-corrected chi connectivity index (χ3v) is 4.95. The fourth-order valence-electron chi connectivity index (χ4n) is 3.04. The summed E-state index contributed by atoms with van der Waals surface area (Å²) in [5.74, 6) is 0.420. The van der Waals surface area contributed by atoms with Crippen molar-refractivity contribution >= 4 is 52.4 Å². The highest BCUT2D eigenvalue weighted by Crippen LogP contribution is 2.27. The number of para-hydroxylation sites is 1. The molecule has 0 aliphatic heterocycles. The number of furan rings is 1. The van der Waals surface area contributed by atoms with Gasteiger partial charge in [-0.25, -0.2) is 14.4 Å². The van der Waals surface area contributed by atoms with Crippen molar-refractivity contribution in [1.29, 1.82) is 0 Å². The minimum absolute atomic E-state index is 0.0118. The highest BCUT2D eigenvalue weighted by atomic mass is 35.5. The van der Waals surface area contributed by atoms with E-state index in [4.69, 9.17) is 20.6 Å². The van der Waals surface area contributed by atoms with E-state index < -0.39 is 5.97 Å². The van der Waals surface area contributed by atoms with Crippen LogP contribution in [-0.4, -0.2) is 37.6 Å². The van der Waals surface area contributed by atoms with Crippen molar-refractivity contribution < 1.29 is 18.9 Å². The van der Waals surface area contributed by atoms with Crippen LogP contribution in [0.2, 0.25) is 5.02 Å². The maximum Gasteiger partial charge on any atom is 0.337 e. The second kappa shape index (κ2) is 9.00. The number of rotatable bonds is 7. The predicted molar refractivity (Wildman–Crippen MR) is 124 cm³/mol. The van der Waals surface area contributed by atoms with Gasteiger partial charge in [0.1, 0.15) is 11.5 Å². The normalized spacial score (nSPS) is 11.2. The molecule has 11 nitrogen and oxygen atoms in total. The molecule has 0 amide bonds. The molecule has 12 heteroatoms. The van der Waals surface area contributed by atoms with Crippen molar-refractivity contribution in [3.05, 3.63) is 77.0 Å². The first kappa shape index (κ1) is 21.1. The van der Waals surface area contributed by atoms with Crippen LogP contribution in [0, 0.1) is 0 Å². The van der Waals surface area contributed by atoms with Gasteiger partial charge < -0.3 is 14.8 Å². The van der Waals surface area contributed by atoms with E-state index in [0.29, 0.717) is 28.7 Å². The summed E-state index contributed by atoms with van der Waals surface area (Å²) in [5, 5.41) is 24.1. The maximum atomic E-state index is 11.3. The first-order chi connectivity index (χ1) is 16.6. The fraction of sp³-hybridized carbons (Fsp3) is 0. The van der Waals surface area contributed by atoms with Gasteiger partial charge in [0.2, 0.25) is 11.3 Å². The molecule has 0 fully saturated rings. The molecule has 34 heavy (non-hydrogen) atoms. The van der Waals surface area contributed by atoms with Crippen molar-refractivity contribution in [1.82, 2.24) is 20.3 Å². The van der Waals surface area contributed by atoms with Crippen molar-refractivity contribution in [3.63, 3.8) is 0 Å². The monoisotopic (exact) mass is 475 g/mol. The summed E-state index contributed by atoms with van der Waals surface area (Å²) >= 11 is 5.93. The van der Waals surface area contributed by atoms with Gasteiger partial charge in [-0.2, -0.15) is 10.1 Å². The summed E-state index contributed by atoms with van der Waals surface area (Å²) in [6.07, 6.45) is 1.44. The summed E-state index contributed by atoms with van der Waals surface area (Å²) in [5.41, 5.74) is 4.62. The Morgan fingerprint density at radius 3 is 2.53 bits per heavy atom. The lowest BCUT2D eigenvalue weighted by atomic mass is 10.1. The molecule has 5 rings (SSSR count). The van der Waals surface area contributed by atoms with E-state index in [1.165, 1.54) is 18.3 Å². The summed E-state index contributed by atoms with van der Waals surface area (Å²) in [6.45, 7) is 0. The lowest BCUT2D eigenvalue weighted by molar-refractivity contribution is 0.0697. The number of nitrogens with zero attached hydrogens (tertiary/aromatic N) is 5. The largest absolute Gasteiger partial charge is 0.478 e. The van der Waals surface area contributed by atoms with Gasteiger partial charge in [-0.15, -0.1) is 0 Å². The van der Waals surface area contributed by atoms with Gasteiger partial charge in [0.05, 0.1) is 16.8 Å². The van der Waals surface area contributed by atoms with Crippen LogP contribution in [0.15, 0.2) is 74.8 Å². The molecule has 168 valence electrons. The average Bonchev–Trinajstić information content (AvgIpc) is 3.49. The number of halogens is 1. The second-order valence-electron chi connectivity index (χ2n) is 6.90. The zero-order valence-electron chi connectivity index (χ0n) is 17.1. The SMILES string of the molecule is O=C(O)c1cc(-c2ccc(C=NNc3nc4nonc4nc3Nc3ccccc3)o2)ccc1Cl. The van der Waals surface area contributed by atoms with Gasteiger partial charge in [-0.3, -0.25) is 5.43 Å². The van der Waals surface area contributed by atoms with Crippen LogP contribution in [0.5, 0.6) is 0 Å². The molecule has 3 aromatic heterocycles. The number of fused-ring (bicyclic) bond motifs is 1. The molecule has 2 aromatic carbocycles. The Labute approximate surface area is 196 Å². The smallest absolute Gasteiger partial charge is 0.337 e. The van der Waals surface area contributed by atoms with E-state index in [2.05, 4.69) is 36.1 Å². The Morgan fingerprint density at radius 1 is 1.00 bits per heavy atom. The zero-order chi connectivity index (χ0) is 23.5. The Balaban J connectivity index is 1.37. The van der Waals surface area contributed by atoms with Gasteiger partial charge in [-0.05, 0) is 52.8 Å². The molecule has 0 spiro atoms. The minimum atomic E-state index is -1.12. The molecule has 3 heterocycles. The Bertz CT molecular complexity index is 1510. The fourth-order valence-corrected chi connectivity index (χ4v) is 3.24. The van der Waals surface area contributed by atoms with Crippen molar-refractivity contribution in [2.75, 3.05) is 10.7 Å². The van der Waals surface area contributed by atoms with Gasteiger partial charge in [-0.1, -0.05) is 29.8 Å². The molecule has 0 atom stereocenters. The molecular weight excluding hydrogens is 462 g/mol. The lowest BCUT2D eigenvalue weighted by Crippen LogP contribution is -2.03. The lowest BCUT2D eigenvalue weighted by Gasteiger charge is -2.08. The number of carboxylic acids is 1. The van der Waals surface area contributed by atoms with Crippen molar-refractivity contribution in [2.24, 2.45) is 5.10 Å². The molecule has 0 unspecified atom stereocenters. The quantitative estimate of drug-likeness (QED) is 0.221. The number of benzene rings is 2. The van der Waals surface area contributed by atoms with Crippen LogP contribution in [0.3, 0.4) is 0 Å². The number of hydrogen-bond donors (Lipinski definition) is 3. The van der Waals surface area contributed by atoms with Gasteiger partial charge in [0, 0.05) is 11.3 Å². The highest BCUT2D eigenvalue weighted by molar-refractivity contribution is 6.33.